The first-order valence-corrected chi connectivity index (χ1v) is 7.16. The lowest BCUT2D eigenvalue weighted by atomic mass is 9.85. The second kappa shape index (κ2) is 6.84. The second-order valence-corrected chi connectivity index (χ2v) is 6.17. The fourth-order valence-electron chi connectivity index (χ4n) is 2.11. The van der Waals surface area contributed by atoms with Crippen LogP contribution in [0.3, 0.4) is 0 Å². The highest BCUT2D eigenvalue weighted by atomic mass is 79.9. The summed E-state index contributed by atoms with van der Waals surface area (Å²) < 4.78 is 0.618. The third-order valence-corrected chi connectivity index (χ3v) is 3.86. The molecule has 0 unspecified atom stereocenters. The predicted molar refractivity (Wildman–Crippen MR) is 80.2 cm³/mol. The van der Waals surface area contributed by atoms with Crippen molar-refractivity contribution in [3.8, 4) is 0 Å². The van der Waals surface area contributed by atoms with Crippen molar-refractivity contribution in [3.63, 3.8) is 0 Å². The largest absolute Gasteiger partial charge is 0.369 e. The Morgan fingerprint density at radius 1 is 1.37 bits per heavy atom. The van der Waals surface area contributed by atoms with Gasteiger partial charge in [-0.2, -0.15) is 0 Å². The van der Waals surface area contributed by atoms with Crippen molar-refractivity contribution in [3.05, 3.63) is 26.9 Å². The fraction of sp³-hybridized carbons (Fsp3) is 0.615. The maximum absolute atomic E-state index is 10.6. The molecule has 0 radical (unpaired) electrons. The van der Waals surface area contributed by atoms with Crippen molar-refractivity contribution in [2.24, 2.45) is 17.8 Å². The Labute approximate surface area is 122 Å². The van der Waals surface area contributed by atoms with E-state index in [0.29, 0.717) is 28.0 Å². The standard InChI is InChI=1S/C13H20BrN3O2/c1-8(2)11(9(3)4)7-16-13-12(14)5-10(6-15-13)17(18)19/h5-6,8-9,11H,7H2,1-4H3,(H,15,16). The van der Waals surface area contributed by atoms with E-state index in [9.17, 15) is 10.1 Å². The number of nitro groups is 1. The summed E-state index contributed by atoms with van der Waals surface area (Å²) in [7, 11) is 0. The Kier molecular flexibility index (Phi) is 5.72. The molecule has 0 spiro atoms. The van der Waals surface area contributed by atoms with E-state index in [-0.39, 0.29) is 5.69 Å². The molecule has 0 aliphatic heterocycles. The number of anilines is 1. The Hall–Kier alpha value is -1.17. The van der Waals surface area contributed by atoms with E-state index in [1.807, 2.05) is 0 Å². The van der Waals surface area contributed by atoms with E-state index in [1.165, 1.54) is 12.3 Å². The first-order valence-electron chi connectivity index (χ1n) is 6.36. The molecule has 1 aromatic heterocycles. The molecule has 5 nitrogen and oxygen atoms in total. The van der Waals surface area contributed by atoms with E-state index < -0.39 is 4.92 Å². The van der Waals surface area contributed by atoms with Crippen molar-refractivity contribution in [2.75, 3.05) is 11.9 Å². The van der Waals surface area contributed by atoms with Crippen LogP contribution in [-0.4, -0.2) is 16.5 Å². The number of hydrogen-bond acceptors (Lipinski definition) is 4. The van der Waals surface area contributed by atoms with Crippen LogP contribution in [0.1, 0.15) is 27.7 Å². The highest BCUT2D eigenvalue weighted by molar-refractivity contribution is 9.10. The van der Waals surface area contributed by atoms with Gasteiger partial charge in [0.2, 0.25) is 0 Å². The van der Waals surface area contributed by atoms with Gasteiger partial charge in [0.05, 0.1) is 9.40 Å². The molecule has 1 aromatic rings. The summed E-state index contributed by atoms with van der Waals surface area (Å²) in [6.07, 6.45) is 1.27. The molecule has 106 valence electrons. The molecule has 0 aromatic carbocycles. The maximum atomic E-state index is 10.6. The third kappa shape index (κ3) is 4.45. The minimum absolute atomic E-state index is 0.0123. The van der Waals surface area contributed by atoms with Gasteiger partial charge in [-0.05, 0) is 33.7 Å². The van der Waals surface area contributed by atoms with Crippen LogP contribution >= 0.6 is 15.9 Å². The Balaban J connectivity index is 2.75. The van der Waals surface area contributed by atoms with Gasteiger partial charge in [-0.1, -0.05) is 27.7 Å². The Bertz CT molecular complexity index is 442. The van der Waals surface area contributed by atoms with Gasteiger partial charge >= 0.3 is 0 Å². The summed E-state index contributed by atoms with van der Waals surface area (Å²) in [6.45, 7) is 9.60. The average Bonchev–Trinajstić information content (AvgIpc) is 2.29. The van der Waals surface area contributed by atoms with Crippen LogP contribution in [0.5, 0.6) is 0 Å². The number of pyridine rings is 1. The monoisotopic (exact) mass is 329 g/mol. The van der Waals surface area contributed by atoms with Gasteiger partial charge in [0.1, 0.15) is 12.0 Å². The third-order valence-electron chi connectivity index (χ3n) is 3.26. The van der Waals surface area contributed by atoms with Gasteiger partial charge in [0.25, 0.3) is 5.69 Å². The highest BCUT2D eigenvalue weighted by Crippen LogP contribution is 2.26. The molecule has 0 amide bonds. The number of halogens is 1. The minimum Gasteiger partial charge on any atom is -0.369 e. The molecule has 19 heavy (non-hydrogen) atoms. The molecule has 0 saturated carbocycles. The number of rotatable bonds is 6. The lowest BCUT2D eigenvalue weighted by Gasteiger charge is -2.25. The van der Waals surface area contributed by atoms with Gasteiger partial charge < -0.3 is 5.32 Å². The van der Waals surface area contributed by atoms with E-state index in [0.717, 1.165) is 6.54 Å². The highest BCUT2D eigenvalue weighted by Gasteiger charge is 2.18. The average molecular weight is 330 g/mol. The number of aromatic nitrogens is 1. The van der Waals surface area contributed by atoms with Crippen LogP contribution < -0.4 is 5.32 Å². The molecular weight excluding hydrogens is 310 g/mol. The molecule has 0 aliphatic rings. The van der Waals surface area contributed by atoms with Gasteiger partial charge in [0.15, 0.2) is 0 Å². The number of nitrogens with one attached hydrogen (secondary N) is 1. The molecule has 6 heteroatoms. The first kappa shape index (κ1) is 15.9. The zero-order chi connectivity index (χ0) is 14.6. The summed E-state index contributed by atoms with van der Waals surface area (Å²) in [5.74, 6) is 2.33. The van der Waals surface area contributed by atoms with Crippen molar-refractivity contribution >= 4 is 27.4 Å². The second-order valence-electron chi connectivity index (χ2n) is 5.31. The van der Waals surface area contributed by atoms with Gasteiger partial charge in [-0.3, -0.25) is 10.1 Å². The van der Waals surface area contributed by atoms with Gasteiger partial charge in [-0.15, -0.1) is 0 Å². The van der Waals surface area contributed by atoms with Crippen LogP contribution in [0.25, 0.3) is 0 Å². The summed E-state index contributed by atoms with van der Waals surface area (Å²) in [5, 5.41) is 13.9. The molecule has 1 heterocycles. The molecule has 0 saturated heterocycles. The zero-order valence-electron chi connectivity index (χ0n) is 11.7. The number of nitrogens with zero attached hydrogens (tertiary/aromatic N) is 2. The van der Waals surface area contributed by atoms with Crippen LogP contribution in [0, 0.1) is 27.9 Å². The van der Waals surface area contributed by atoms with Gasteiger partial charge in [-0.25, -0.2) is 4.98 Å². The molecular formula is C13H20BrN3O2. The first-order chi connectivity index (χ1) is 8.82. The van der Waals surface area contributed by atoms with Crippen molar-refractivity contribution < 1.29 is 4.92 Å². The summed E-state index contributed by atoms with van der Waals surface area (Å²) in [5.41, 5.74) is -0.0123. The quantitative estimate of drug-likeness (QED) is 0.630. The molecule has 1 N–H and O–H groups in total. The summed E-state index contributed by atoms with van der Waals surface area (Å²) >= 11 is 3.31. The van der Waals surface area contributed by atoms with Crippen molar-refractivity contribution in [1.82, 2.24) is 4.98 Å². The lowest BCUT2D eigenvalue weighted by molar-refractivity contribution is -0.385. The molecule has 0 aliphatic carbocycles. The van der Waals surface area contributed by atoms with E-state index in [2.05, 4.69) is 53.9 Å². The van der Waals surface area contributed by atoms with E-state index in [4.69, 9.17) is 0 Å². The van der Waals surface area contributed by atoms with Crippen molar-refractivity contribution in [1.29, 1.82) is 0 Å². The van der Waals surface area contributed by atoms with Crippen LogP contribution in [-0.2, 0) is 0 Å². The topological polar surface area (TPSA) is 68.1 Å². The van der Waals surface area contributed by atoms with Crippen LogP contribution in [0.4, 0.5) is 11.5 Å². The number of hydrogen-bond donors (Lipinski definition) is 1. The Morgan fingerprint density at radius 2 is 1.95 bits per heavy atom. The van der Waals surface area contributed by atoms with Crippen molar-refractivity contribution in [2.45, 2.75) is 27.7 Å². The van der Waals surface area contributed by atoms with E-state index >= 15 is 0 Å². The smallest absolute Gasteiger partial charge is 0.288 e. The van der Waals surface area contributed by atoms with Crippen LogP contribution in [0.2, 0.25) is 0 Å². The fourth-order valence-corrected chi connectivity index (χ4v) is 2.59. The lowest BCUT2D eigenvalue weighted by Crippen LogP contribution is -2.25. The zero-order valence-corrected chi connectivity index (χ0v) is 13.3. The van der Waals surface area contributed by atoms with Crippen LogP contribution in [0.15, 0.2) is 16.7 Å². The molecule has 0 bridgehead atoms. The van der Waals surface area contributed by atoms with E-state index in [1.54, 1.807) is 0 Å². The maximum Gasteiger partial charge on any atom is 0.288 e. The summed E-state index contributed by atoms with van der Waals surface area (Å²) in [6, 6.07) is 1.47. The minimum atomic E-state index is -0.452. The molecule has 0 fully saturated rings. The SMILES string of the molecule is CC(C)C(CNc1ncc([N+](=O)[O-])cc1Br)C(C)C. The normalized spacial score (nSPS) is 11.4. The predicted octanol–water partition coefficient (Wildman–Crippen LogP) is 4.09. The summed E-state index contributed by atoms with van der Waals surface area (Å²) in [4.78, 5) is 14.3. The Morgan fingerprint density at radius 3 is 2.37 bits per heavy atom. The van der Waals surface area contributed by atoms with Gasteiger partial charge in [0, 0.05) is 12.6 Å². The molecule has 0 atom stereocenters. The molecule has 1 rings (SSSR count).